The number of aromatic nitrogens is 3. The van der Waals surface area contributed by atoms with Crippen LogP contribution in [0.3, 0.4) is 0 Å². The van der Waals surface area contributed by atoms with E-state index in [9.17, 15) is 22.8 Å². The van der Waals surface area contributed by atoms with E-state index in [1.807, 2.05) is 24.3 Å². The lowest BCUT2D eigenvalue weighted by molar-refractivity contribution is -0.137. The Morgan fingerprint density at radius 1 is 1.16 bits per heavy atom. The number of carbonyl (C=O) groups is 2. The summed E-state index contributed by atoms with van der Waals surface area (Å²) in [5.41, 5.74) is 0.311. The van der Waals surface area contributed by atoms with Gasteiger partial charge in [-0.05, 0) is 18.2 Å². The van der Waals surface area contributed by atoms with Crippen molar-refractivity contribution in [2.24, 2.45) is 7.05 Å². The molecule has 2 aromatic heterocycles. The summed E-state index contributed by atoms with van der Waals surface area (Å²) in [4.78, 5) is 32.1. The zero-order chi connectivity index (χ0) is 26.3. The summed E-state index contributed by atoms with van der Waals surface area (Å²) in [5, 5.41) is 7.91. The van der Waals surface area contributed by atoms with Gasteiger partial charge in [0.05, 0.1) is 23.0 Å². The van der Waals surface area contributed by atoms with Crippen molar-refractivity contribution in [2.45, 2.75) is 19.1 Å². The van der Waals surface area contributed by atoms with Crippen LogP contribution in [0.5, 0.6) is 0 Å². The van der Waals surface area contributed by atoms with Crippen molar-refractivity contribution >= 4 is 34.5 Å². The van der Waals surface area contributed by atoms with Gasteiger partial charge in [0.2, 0.25) is 0 Å². The Balaban J connectivity index is 1.35. The smallest absolute Gasteiger partial charge is 0.416 e. The van der Waals surface area contributed by atoms with Gasteiger partial charge in [-0.15, -0.1) is 11.8 Å². The highest BCUT2D eigenvalue weighted by molar-refractivity contribution is 7.99. The molecule has 37 heavy (non-hydrogen) atoms. The predicted octanol–water partition coefficient (Wildman–Crippen LogP) is 4.50. The van der Waals surface area contributed by atoms with Crippen molar-refractivity contribution in [3.63, 3.8) is 0 Å². The molecule has 1 aliphatic rings. The maximum absolute atomic E-state index is 13.5. The molecule has 12 heteroatoms. The first-order valence-corrected chi connectivity index (χ1v) is 12.5. The molecule has 0 bridgehead atoms. The Morgan fingerprint density at radius 3 is 2.73 bits per heavy atom. The average Bonchev–Trinajstić information content (AvgIpc) is 3.59. The average molecular weight is 530 g/mol. The number of aryl methyl sites for hydroxylation is 2. The number of fused-ring (bicyclic) bond motifs is 1. The number of nitrogens with zero attached hydrogens (tertiary/aromatic N) is 4. The van der Waals surface area contributed by atoms with E-state index in [1.165, 1.54) is 30.8 Å². The Labute approximate surface area is 213 Å². The van der Waals surface area contributed by atoms with Crippen LogP contribution in [0.1, 0.15) is 32.4 Å². The maximum Gasteiger partial charge on any atom is 0.416 e. The second kappa shape index (κ2) is 9.58. The van der Waals surface area contributed by atoms with Crippen molar-refractivity contribution in [3.8, 4) is 11.3 Å². The number of alkyl halides is 3. The zero-order valence-corrected chi connectivity index (χ0v) is 20.7. The van der Waals surface area contributed by atoms with Crippen LogP contribution in [0.4, 0.5) is 13.2 Å². The lowest BCUT2D eigenvalue weighted by Gasteiger charge is -2.23. The number of rotatable bonds is 5. The minimum atomic E-state index is -4.54. The number of halogens is 3. The summed E-state index contributed by atoms with van der Waals surface area (Å²) < 4.78 is 46.9. The summed E-state index contributed by atoms with van der Waals surface area (Å²) >= 11 is 1.51. The van der Waals surface area contributed by atoms with Gasteiger partial charge in [0, 0.05) is 37.2 Å². The van der Waals surface area contributed by atoms with Gasteiger partial charge in [-0.1, -0.05) is 30.3 Å². The highest BCUT2D eigenvalue weighted by atomic mass is 32.2. The Kier molecular flexibility index (Phi) is 6.44. The first-order chi connectivity index (χ1) is 17.6. The van der Waals surface area contributed by atoms with Gasteiger partial charge in [-0.3, -0.25) is 14.3 Å². The Bertz CT molecular complexity index is 1500. The van der Waals surface area contributed by atoms with E-state index in [0.717, 1.165) is 23.0 Å². The van der Waals surface area contributed by atoms with Crippen LogP contribution < -0.4 is 5.32 Å². The van der Waals surface area contributed by atoms with Crippen molar-refractivity contribution in [2.75, 3.05) is 18.2 Å². The standard InChI is InChI=1S/C25H22F3N5O3S/c1-14-30-21(22(36-14)15-6-5-7-16(10-15)25(26,27)28)24(35)33-13-37-12-17(33)11-29-23(34)20-18-8-3-4-9-19(18)32(2)31-20/h3-10,17H,11-13H2,1-2H3,(H,29,34)/t17-/m1/s1. The lowest BCUT2D eigenvalue weighted by Crippen LogP contribution is -2.44. The van der Waals surface area contributed by atoms with Crippen LogP contribution in [0.25, 0.3) is 22.2 Å². The van der Waals surface area contributed by atoms with Crippen LogP contribution in [0.15, 0.2) is 52.9 Å². The van der Waals surface area contributed by atoms with Crippen LogP contribution in [-0.4, -0.2) is 55.7 Å². The maximum atomic E-state index is 13.5. The SMILES string of the molecule is Cc1nc(C(=O)N2CSC[C@H]2CNC(=O)c2nn(C)c3ccccc23)c(-c2cccc(C(F)(F)F)c2)o1. The molecule has 0 aliphatic carbocycles. The van der Waals surface area contributed by atoms with Crippen LogP contribution in [0, 0.1) is 6.92 Å². The zero-order valence-electron chi connectivity index (χ0n) is 19.9. The number of oxazole rings is 1. The van der Waals surface area contributed by atoms with Crippen molar-refractivity contribution in [3.05, 3.63) is 71.4 Å². The van der Waals surface area contributed by atoms with E-state index in [2.05, 4.69) is 15.4 Å². The third kappa shape index (κ3) is 4.80. The van der Waals surface area contributed by atoms with E-state index in [-0.39, 0.29) is 41.4 Å². The monoisotopic (exact) mass is 529 g/mol. The highest BCUT2D eigenvalue weighted by Crippen LogP contribution is 2.34. The molecular weight excluding hydrogens is 507 g/mol. The highest BCUT2D eigenvalue weighted by Gasteiger charge is 2.35. The van der Waals surface area contributed by atoms with Crippen LogP contribution >= 0.6 is 11.8 Å². The quantitative estimate of drug-likeness (QED) is 0.409. The van der Waals surface area contributed by atoms with Gasteiger partial charge >= 0.3 is 6.18 Å². The largest absolute Gasteiger partial charge is 0.440 e. The van der Waals surface area contributed by atoms with Gasteiger partial charge in [0.15, 0.2) is 23.0 Å². The molecule has 0 unspecified atom stereocenters. The molecule has 192 valence electrons. The summed E-state index contributed by atoms with van der Waals surface area (Å²) in [6.45, 7) is 1.71. The van der Waals surface area contributed by atoms with Crippen molar-refractivity contribution in [1.29, 1.82) is 0 Å². The first-order valence-electron chi connectivity index (χ1n) is 11.4. The van der Waals surface area contributed by atoms with E-state index in [0.29, 0.717) is 17.3 Å². The fourth-order valence-electron chi connectivity index (χ4n) is 4.29. The number of amides is 2. The molecule has 2 aromatic carbocycles. The van der Waals surface area contributed by atoms with Crippen LogP contribution in [-0.2, 0) is 13.2 Å². The normalized spacial score (nSPS) is 15.9. The van der Waals surface area contributed by atoms with E-state index >= 15 is 0 Å². The molecule has 8 nitrogen and oxygen atoms in total. The Hall–Kier alpha value is -3.80. The molecule has 1 saturated heterocycles. The summed E-state index contributed by atoms with van der Waals surface area (Å²) in [5.74, 6) is 0.229. The second-order valence-electron chi connectivity index (χ2n) is 8.62. The topological polar surface area (TPSA) is 93.3 Å². The molecule has 5 rings (SSSR count). The summed E-state index contributed by atoms with van der Waals surface area (Å²) in [6.07, 6.45) is -4.54. The van der Waals surface area contributed by atoms with Gasteiger partial charge in [0.1, 0.15) is 0 Å². The number of para-hydroxylation sites is 1. The molecule has 3 heterocycles. The van der Waals surface area contributed by atoms with Gasteiger partial charge in [-0.2, -0.15) is 18.3 Å². The van der Waals surface area contributed by atoms with Crippen molar-refractivity contribution < 1.29 is 27.2 Å². The number of benzene rings is 2. The number of thioether (sulfide) groups is 1. The van der Waals surface area contributed by atoms with Gasteiger partial charge < -0.3 is 14.6 Å². The molecule has 1 aliphatic heterocycles. The third-order valence-electron chi connectivity index (χ3n) is 6.10. The van der Waals surface area contributed by atoms with Gasteiger partial charge in [0.25, 0.3) is 11.8 Å². The first kappa shape index (κ1) is 24.9. The molecule has 0 radical (unpaired) electrons. The minimum Gasteiger partial charge on any atom is -0.440 e. The molecule has 1 fully saturated rings. The molecule has 2 amide bonds. The number of nitrogens with one attached hydrogen (secondary N) is 1. The molecule has 4 aromatic rings. The molecular formula is C25H22F3N5O3S. The van der Waals surface area contributed by atoms with Crippen molar-refractivity contribution in [1.82, 2.24) is 25.0 Å². The third-order valence-corrected chi connectivity index (χ3v) is 7.18. The minimum absolute atomic E-state index is 0.0201. The second-order valence-corrected chi connectivity index (χ2v) is 9.62. The van der Waals surface area contributed by atoms with E-state index in [1.54, 1.807) is 16.6 Å². The molecule has 0 saturated carbocycles. The summed E-state index contributed by atoms with van der Waals surface area (Å²) in [7, 11) is 1.76. The summed E-state index contributed by atoms with van der Waals surface area (Å²) in [6, 6.07) is 11.6. The lowest BCUT2D eigenvalue weighted by atomic mass is 10.1. The van der Waals surface area contributed by atoms with E-state index < -0.39 is 17.6 Å². The predicted molar refractivity (Wildman–Crippen MR) is 132 cm³/mol. The number of carbonyl (C=O) groups excluding carboxylic acids is 2. The van der Waals surface area contributed by atoms with Crippen LogP contribution in [0.2, 0.25) is 0 Å². The number of hydrogen-bond acceptors (Lipinski definition) is 6. The van der Waals surface area contributed by atoms with E-state index in [4.69, 9.17) is 4.42 Å². The number of hydrogen-bond donors (Lipinski definition) is 1. The fraction of sp³-hybridized carbons (Fsp3) is 0.280. The fourth-order valence-corrected chi connectivity index (χ4v) is 5.49. The molecule has 1 N–H and O–H groups in total. The Morgan fingerprint density at radius 2 is 1.95 bits per heavy atom. The molecule has 0 spiro atoms. The molecule has 1 atom stereocenters. The van der Waals surface area contributed by atoms with Gasteiger partial charge in [-0.25, -0.2) is 4.98 Å².